The highest BCUT2D eigenvalue weighted by molar-refractivity contribution is 5.73. The van der Waals surface area contributed by atoms with Gasteiger partial charge in [0.1, 0.15) is 5.75 Å². The van der Waals surface area contributed by atoms with Crippen LogP contribution in [0.25, 0.3) is 6.08 Å². The van der Waals surface area contributed by atoms with Crippen LogP contribution in [0.3, 0.4) is 0 Å². The fourth-order valence-electron chi connectivity index (χ4n) is 3.57. The maximum absolute atomic E-state index is 11.7. The van der Waals surface area contributed by atoms with Gasteiger partial charge in [-0.1, -0.05) is 48.9 Å². The van der Waals surface area contributed by atoms with Gasteiger partial charge in [0.15, 0.2) is 17.6 Å². The van der Waals surface area contributed by atoms with E-state index in [4.69, 9.17) is 14.2 Å². The Balaban J connectivity index is 1.58. The van der Waals surface area contributed by atoms with E-state index in [-0.39, 0.29) is 0 Å². The van der Waals surface area contributed by atoms with Gasteiger partial charge in [-0.25, -0.2) is 4.79 Å². The first-order valence-corrected chi connectivity index (χ1v) is 11.9. The van der Waals surface area contributed by atoms with E-state index >= 15 is 0 Å². The Morgan fingerprint density at radius 2 is 1.89 bits per heavy atom. The van der Waals surface area contributed by atoms with Crippen molar-refractivity contribution in [2.24, 2.45) is 0 Å². The van der Waals surface area contributed by atoms with Gasteiger partial charge < -0.3 is 19.3 Å². The first-order valence-electron chi connectivity index (χ1n) is 11.9. The van der Waals surface area contributed by atoms with Crippen molar-refractivity contribution in [1.29, 1.82) is 0 Å². The molecule has 3 rings (SSSR count). The van der Waals surface area contributed by atoms with Crippen LogP contribution in [0, 0.1) is 6.92 Å². The lowest BCUT2D eigenvalue weighted by molar-refractivity contribution is -0.145. The summed E-state index contributed by atoms with van der Waals surface area (Å²) in [5.41, 5.74) is 4.30. The molecule has 6 heteroatoms. The van der Waals surface area contributed by atoms with Crippen molar-refractivity contribution in [1.82, 2.24) is 4.98 Å². The number of aryl methyl sites for hydroxylation is 2. The zero-order valence-corrected chi connectivity index (χ0v) is 20.6. The van der Waals surface area contributed by atoms with Crippen molar-refractivity contribution in [2.75, 3.05) is 13.7 Å². The highest BCUT2D eigenvalue weighted by Gasteiger charge is 2.20. The van der Waals surface area contributed by atoms with Crippen molar-refractivity contribution < 1.29 is 24.1 Å². The zero-order valence-electron chi connectivity index (χ0n) is 20.6. The molecule has 0 saturated heterocycles. The van der Waals surface area contributed by atoms with E-state index in [1.165, 1.54) is 12.7 Å². The average molecular weight is 476 g/mol. The van der Waals surface area contributed by atoms with Gasteiger partial charge in [-0.15, -0.1) is 0 Å². The molecular weight excluding hydrogens is 442 g/mol. The fourth-order valence-corrected chi connectivity index (χ4v) is 3.57. The zero-order chi connectivity index (χ0) is 25.0. The fraction of sp³-hybridized carbons (Fsp3) is 0.310. The number of nitrogens with zero attached hydrogens (tertiary/aromatic N) is 1. The first-order chi connectivity index (χ1) is 17.0. The van der Waals surface area contributed by atoms with Crippen LogP contribution in [0.15, 0.2) is 66.9 Å². The maximum Gasteiger partial charge on any atom is 0.344 e. The molecule has 1 N–H and O–H groups in total. The summed E-state index contributed by atoms with van der Waals surface area (Å²) >= 11 is 0. The summed E-state index contributed by atoms with van der Waals surface area (Å²) in [5, 5.41) is 9.60. The summed E-state index contributed by atoms with van der Waals surface area (Å²) in [7, 11) is 1.53. The van der Waals surface area contributed by atoms with Gasteiger partial charge in [-0.3, -0.25) is 4.98 Å². The molecule has 0 aliphatic rings. The summed E-state index contributed by atoms with van der Waals surface area (Å²) in [6.07, 6.45) is 7.42. The lowest BCUT2D eigenvalue weighted by atomic mass is 10.1. The third-order valence-electron chi connectivity index (χ3n) is 5.58. The SMILES string of the molecule is CCc1ccc(CCOc2ccc(C)cc2C=CCCC(Oc2ccccc2OC)C(=O)O)nc1. The van der Waals surface area contributed by atoms with Crippen LogP contribution in [0.2, 0.25) is 0 Å². The number of methoxy groups -OCH3 is 1. The number of pyridine rings is 1. The number of rotatable bonds is 13. The van der Waals surface area contributed by atoms with Crippen molar-refractivity contribution in [3.63, 3.8) is 0 Å². The van der Waals surface area contributed by atoms with E-state index in [0.717, 1.165) is 35.4 Å². The number of ether oxygens (including phenoxy) is 3. The predicted octanol–water partition coefficient (Wildman–Crippen LogP) is 5.91. The summed E-state index contributed by atoms with van der Waals surface area (Å²) in [6.45, 7) is 4.67. The molecule has 0 radical (unpaired) electrons. The number of para-hydroxylation sites is 2. The lowest BCUT2D eigenvalue weighted by Crippen LogP contribution is -2.26. The number of allylic oxidation sites excluding steroid dienone is 1. The third kappa shape index (κ3) is 7.88. The largest absolute Gasteiger partial charge is 0.493 e. The van der Waals surface area contributed by atoms with Gasteiger partial charge in [-0.05, 0) is 62.1 Å². The van der Waals surface area contributed by atoms with Crippen LogP contribution in [0.5, 0.6) is 17.2 Å². The highest BCUT2D eigenvalue weighted by Crippen LogP contribution is 2.28. The lowest BCUT2D eigenvalue weighted by Gasteiger charge is -2.16. The van der Waals surface area contributed by atoms with Gasteiger partial charge in [0, 0.05) is 23.9 Å². The normalized spacial score (nSPS) is 11.9. The smallest absolute Gasteiger partial charge is 0.344 e. The second-order valence-electron chi connectivity index (χ2n) is 8.23. The molecule has 1 atom stereocenters. The summed E-state index contributed by atoms with van der Waals surface area (Å²) < 4.78 is 17.0. The van der Waals surface area contributed by atoms with Crippen LogP contribution in [-0.4, -0.2) is 35.9 Å². The quantitative estimate of drug-likeness (QED) is 0.331. The molecule has 1 heterocycles. The summed E-state index contributed by atoms with van der Waals surface area (Å²) in [5.74, 6) is 0.702. The van der Waals surface area contributed by atoms with Crippen LogP contribution in [-0.2, 0) is 17.6 Å². The molecule has 1 aromatic heterocycles. The standard InChI is InChI=1S/C29H33NO5/c1-4-22-14-15-24(30-20-22)17-18-34-25-16-13-21(2)19-23(25)9-5-6-12-28(29(31)32)35-27-11-8-7-10-26(27)33-3/h5,7-11,13-16,19-20,28H,4,6,12,17-18H2,1-3H3,(H,31,32). The van der Waals surface area contributed by atoms with E-state index in [1.807, 2.05) is 49.5 Å². The van der Waals surface area contributed by atoms with E-state index in [1.54, 1.807) is 18.2 Å². The van der Waals surface area contributed by atoms with Crippen LogP contribution in [0.4, 0.5) is 0 Å². The molecule has 0 bridgehead atoms. The Hall–Kier alpha value is -3.80. The number of benzene rings is 2. The molecule has 0 amide bonds. The van der Waals surface area contributed by atoms with Crippen LogP contribution in [0.1, 0.15) is 42.1 Å². The predicted molar refractivity (Wildman–Crippen MR) is 137 cm³/mol. The van der Waals surface area contributed by atoms with E-state index in [2.05, 4.69) is 24.0 Å². The number of aromatic nitrogens is 1. The van der Waals surface area contributed by atoms with E-state index in [9.17, 15) is 9.90 Å². The minimum atomic E-state index is -1.01. The van der Waals surface area contributed by atoms with Gasteiger partial charge in [0.2, 0.25) is 0 Å². The van der Waals surface area contributed by atoms with Gasteiger partial charge in [0.25, 0.3) is 0 Å². The highest BCUT2D eigenvalue weighted by atomic mass is 16.5. The molecule has 184 valence electrons. The van der Waals surface area contributed by atoms with Gasteiger partial charge >= 0.3 is 5.97 Å². The molecule has 0 aliphatic heterocycles. The second kappa shape index (κ2) is 13.2. The Kier molecular flexibility index (Phi) is 9.72. The average Bonchev–Trinajstić information content (AvgIpc) is 2.87. The number of carbonyl (C=O) groups is 1. The van der Waals surface area contributed by atoms with Crippen molar-refractivity contribution in [3.05, 3.63) is 89.3 Å². The summed E-state index contributed by atoms with van der Waals surface area (Å²) in [4.78, 5) is 16.2. The van der Waals surface area contributed by atoms with Crippen molar-refractivity contribution in [2.45, 2.75) is 45.6 Å². The van der Waals surface area contributed by atoms with Crippen LogP contribution >= 0.6 is 0 Å². The van der Waals surface area contributed by atoms with Gasteiger partial charge in [-0.2, -0.15) is 0 Å². The molecule has 2 aromatic carbocycles. The third-order valence-corrected chi connectivity index (χ3v) is 5.58. The molecular formula is C29H33NO5. The molecule has 35 heavy (non-hydrogen) atoms. The number of carboxylic acids is 1. The van der Waals surface area contributed by atoms with Crippen molar-refractivity contribution >= 4 is 12.0 Å². The monoisotopic (exact) mass is 475 g/mol. The number of hydrogen-bond donors (Lipinski definition) is 1. The Morgan fingerprint density at radius 3 is 2.57 bits per heavy atom. The second-order valence-corrected chi connectivity index (χ2v) is 8.23. The molecule has 0 spiro atoms. The molecule has 0 saturated carbocycles. The molecule has 1 unspecified atom stereocenters. The molecule has 0 aliphatic carbocycles. The maximum atomic E-state index is 11.7. The van der Waals surface area contributed by atoms with Crippen LogP contribution < -0.4 is 14.2 Å². The van der Waals surface area contributed by atoms with E-state index < -0.39 is 12.1 Å². The van der Waals surface area contributed by atoms with Crippen molar-refractivity contribution in [3.8, 4) is 17.2 Å². The minimum Gasteiger partial charge on any atom is -0.493 e. The number of carboxylic acid groups (broad SMARTS) is 1. The Bertz CT molecular complexity index is 1120. The minimum absolute atomic E-state index is 0.325. The number of aliphatic carboxylic acids is 1. The van der Waals surface area contributed by atoms with Gasteiger partial charge in [0.05, 0.1) is 13.7 Å². The summed E-state index contributed by atoms with van der Waals surface area (Å²) in [6, 6.07) is 17.2. The Labute approximate surface area is 207 Å². The Morgan fingerprint density at radius 1 is 1.09 bits per heavy atom. The molecule has 3 aromatic rings. The first kappa shape index (κ1) is 25.8. The topological polar surface area (TPSA) is 77.9 Å². The molecule has 0 fully saturated rings. The number of hydrogen-bond acceptors (Lipinski definition) is 5. The van der Waals surface area contributed by atoms with E-state index in [0.29, 0.717) is 30.9 Å². The molecule has 6 nitrogen and oxygen atoms in total.